The van der Waals surface area contributed by atoms with E-state index in [1.165, 1.54) is 25.7 Å². The fraction of sp³-hybridized carbons (Fsp3) is 0.448. The zero-order valence-corrected chi connectivity index (χ0v) is 51.3. The lowest BCUT2D eigenvalue weighted by Crippen LogP contribution is -2.45. The monoisotopic (exact) mass is 1360 g/mol. The highest BCUT2D eigenvalue weighted by molar-refractivity contribution is 9.11. The van der Waals surface area contributed by atoms with Gasteiger partial charge in [-0.25, -0.2) is 24.9 Å². The minimum Gasteiger partial charge on any atom is -0.496 e. The number of Topliss-reactive ketones (excluding diaryl/α,β-unsaturated/α-hetero) is 2. The molecule has 9 aliphatic rings. The molecule has 5 saturated carbocycles. The first-order valence-electron chi connectivity index (χ1n) is 26.4. The standard InChI is InChI=1S/C22H20F3N3O3.C14H15BrN2O2.C9H13BrO.C7H5F3N2O.C6H7BrN2O/c1-20-10-21(11-20,12-31-20)18-9-28-8-13(16(30-2)7-19(28)27-18)6-15(29)14-4-3-5-17(26-14)22(23,24)25;1-13-6-14(7-13,8-19-13)11-5-17-4-9(15)10(18-2)3-12(17)16-11;1-8-2-3-9(5-8,6-8)7(11)4-10;8-7(9,10)5-3-1-2-4(12-5)6(11)13;1-10-5-2-6(8)9-3-4(5)7/h3-5,7-9H,6,10-12H2,1-2H3;3-5H,6-8H2,1-2H3;2-6H2,1H3;1-3H,(H2,11,13);2-3H,1H3,(H2,8,9). The zero-order chi connectivity index (χ0) is 61.0. The Morgan fingerprint density at radius 1 is 0.655 bits per heavy atom. The van der Waals surface area contributed by atoms with Crippen molar-refractivity contribution < 1.29 is 64.4 Å². The smallest absolute Gasteiger partial charge is 0.433 e. The van der Waals surface area contributed by atoms with Crippen molar-refractivity contribution in [2.24, 2.45) is 16.6 Å². The zero-order valence-electron chi connectivity index (χ0n) is 46.5. The van der Waals surface area contributed by atoms with Crippen LogP contribution in [0.5, 0.6) is 17.2 Å². The number of rotatable bonds is 11. The van der Waals surface area contributed by atoms with E-state index in [-0.39, 0.29) is 39.6 Å². The molecule has 6 bridgehead atoms. The first-order valence-corrected chi connectivity index (χ1v) is 29.1. The lowest BCUT2D eigenvalue weighted by atomic mass is 9.60. The minimum absolute atomic E-state index is 0.0664. The number of pyridine rings is 5. The van der Waals surface area contributed by atoms with E-state index in [0.29, 0.717) is 51.7 Å². The highest BCUT2D eigenvalue weighted by atomic mass is 79.9. The molecule has 0 unspecified atom stereocenters. The van der Waals surface area contributed by atoms with Crippen molar-refractivity contribution in [2.45, 2.75) is 113 Å². The van der Waals surface area contributed by atoms with Crippen LogP contribution in [-0.2, 0) is 43.9 Å². The summed E-state index contributed by atoms with van der Waals surface area (Å²) in [4.78, 5) is 54.5. The van der Waals surface area contributed by atoms with Crippen LogP contribution < -0.4 is 25.7 Å². The molecule has 4 aliphatic heterocycles. The molecule has 0 spiro atoms. The van der Waals surface area contributed by atoms with Crippen LogP contribution in [0.4, 0.5) is 32.2 Å². The molecule has 11 heterocycles. The van der Waals surface area contributed by atoms with Crippen LogP contribution in [0, 0.1) is 10.8 Å². The summed E-state index contributed by atoms with van der Waals surface area (Å²) in [5.74, 6) is 1.35. The summed E-state index contributed by atoms with van der Waals surface area (Å²) < 4.78 is 108. The van der Waals surface area contributed by atoms with Crippen LogP contribution in [0.3, 0.4) is 0 Å². The highest BCUT2D eigenvalue weighted by Gasteiger charge is 2.63. The Labute approximate surface area is 504 Å². The molecular weight excluding hydrogens is 1300 g/mol. The molecule has 9 fully saturated rings. The van der Waals surface area contributed by atoms with Gasteiger partial charge in [-0.1, -0.05) is 35.0 Å². The van der Waals surface area contributed by atoms with Crippen LogP contribution in [0.1, 0.15) is 121 Å². The normalized spacial score (nSPS) is 25.6. The van der Waals surface area contributed by atoms with Crippen LogP contribution in [0.15, 0.2) is 94.5 Å². The lowest BCUT2D eigenvalue weighted by molar-refractivity contribution is -0.142. The molecule has 16 rings (SSSR count). The van der Waals surface area contributed by atoms with E-state index in [9.17, 15) is 40.7 Å². The molecule has 0 radical (unpaired) electrons. The third-order valence-corrected chi connectivity index (χ3v) is 18.1. The van der Waals surface area contributed by atoms with E-state index in [1.54, 1.807) is 38.7 Å². The Bertz CT molecular complexity index is 3650. The predicted octanol–water partition coefficient (Wildman–Crippen LogP) is 12.1. The van der Waals surface area contributed by atoms with Gasteiger partial charge < -0.3 is 44.0 Å². The summed E-state index contributed by atoms with van der Waals surface area (Å²) in [6, 6.07) is 11.6. The number of nitrogens with two attached hydrogens (primary N) is 2. The van der Waals surface area contributed by atoms with Crippen molar-refractivity contribution >= 4 is 82.4 Å². The van der Waals surface area contributed by atoms with Crippen molar-refractivity contribution in [3.05, 3.63) is 134 Å². The summed E-state index contributed by atoms with van der Waals surface area (Å²) in [7, 11) is 4.73. The number of ketones is 2. The fourth-order valence-electron chi connectivity index (χ4n) is 12.6. The lowest BCUT2D eigenvalue weighted by Gasteiger charge is -2.44. The van der Waals surface area contributed by atoms with Gasteiger partial charge in [0.1, 0.15) is 62.9 Å². The number of amides is 1. The van der Waals surface area contributed by atoms with Crippen molar-refractivity contribution in [2.75, 3.05) is 45.6 Å². The predicted molar refractivity (Wildman–Crippen MR) is 307 cm³/mol. The van der Waals surface area contributed by atoms with Gasteiger partial charge in [0.25, 0.3) is 5.91 Å². The number of carbonyl (C=O) groups excluding carboxylic acids is 3. The van der Waals surface area contributed by atoms with Gasteiger partial charge in [-0.3, -0.25) is 14.4 Å². The number of alkyl halides is 7. The van der Waals surface area contributed by atoms with Gasteiger partial charge >= 0.3 is 12.4 Å². The number of fused-ring (bicyclic) bond motifs is 5. The SMILES string of the molecule is CC12CCC(C(=O)CBr)(C1)C2.COc1cc(N)ncc1Br.COc1cc2nc(C34COC(C)(C3)C4)cn2cc1Br.COc1cc2nc(C34COC(C)(C3)C4)cn2cc1CC(=O)c1cccc(C(F)(F)F)n1.NC(=O)c1cccc(C(F)(F)F)n1. The van der Waals surface area contributed by atoms with Crippen LogP contribution in [0.25, 0.3) is 11.3 Å². The number of nitrogens with zero attached hydrogens (tertiary/aromatic N) is 7. The molecule has 84 heavy (non-hydrogen) atoms. The quantitative estimate of drug-likeness (QED) is 0.0699. The maximum absolute atomic E-state index is 12.9. The number of anilines is 1. The second-order valence-electron chi connectivity index (χ2n) is 23.1. The maximum atomic E-state index is 12.9. The minimum atomic E-state index is -4.61. The van der Waals surface area contributed by atoms with Crippen LogP contribution in [0.2, 0.25) is 0 Å². The van der Waals surface area contributed by atoms with E-state index in [0.717, 1.165) is 108 Å². The molecule has 0 atom stereocenters. The van der Waals surface area contributed by atoms with E-state index >= 15 is 0 Å². The van der Waals surface area contributed by atoms with Gasteiger partial charge in [-0.05, 0) is 127 Å². The van der Waals surface area contributed by atoms with Gasteiger partial charge in [0.15, 0.2) is 5.78 Å². The molecule has 17 nitrogen and oxygen atoms in total. The largest absolute Gasteiger partial charge is 0.496 e. The van der Waals surface area contributed by atoms with Crippen molar-refractivity contribution in [1.82, 2.24) is 33.7 Å². The molecule has 5 aliphatic carbocycles. The van der Waals surface area contributed by atoms with Gasteiger partial charge in [-0.2, -0.15) is 26.3 Å². The second kappa shape index (κ2) is 23.2. The molecular formula is C58H60Br3F6N9O8. The summed E-state index contributed by atoms with van der Waals surface area (Å²) >= 11 is 10.0. The van der Waals surface area contributed by atoms with Gasteiger partial charge in [0.05, 0.1) is 71.4 Å². The number of aromatic nitrogens is 7. The first-order chi connectivity index (χ1) is 39.4. The van der Waals surface area contributed by atoms with E-state index in [2.05, 4.69) is 89.7 Å². The van der Waals surface area contributed by atoms with Crippen molar-refractivity contribution in [1.29, 1.82) is 0 Å². The van der Waals surface area contributed by atoms with Gasteiger partial charge in [0.2, 0.25) is 0 Å². The topological polar surface area (TPSA) is 223 Å². The van der Waals surface area contributed by atoms with Crippen LogP contribution >= 0.6 is 47.8 Å². The first kappa shape index (κ1) is 62.3. The molecule has 4 N–H and O–H groups in total. The maximum Gasteiger partial charge on any atom is 0.433 e. The number of halogens is 9. The summed E-state index contributed by atoms with van der Waals surface area (Å²) in [5.41, 5.74) is 12.3. The number of hydrogen-bond acceptors (Lipinski definition) is 14. The Balaban J connectivity index is 0.000000136. The number of carbonyl (C=O) groups is 3. The number of primary amides is 1. The summed E-state index contributed by atoms with van der Waals surface area (Å²) in [6.07, 6.45) is 8.83. The molecule has 26 heteroatoms. The number of imidazole rings is 2. The third kappa shape index (κ3) is 12.8. The Morgan fingerprint density at radius 3 is 1.58 bits per heavy atom. The Hall–Kier alpha value is -6.22. The van der Waals surface area contributed by atoms with E-state index in [4.69, 9.17) is 45.1 Å². The number of ether oxygens (including phenoxy) is 5. The number of methoxy groups -OCH3 is 3. The Morgan fingerprint density at radius 2 is 1.14 bits per heavy atom. The highest BCUT2D eigenvalue weighted by Crippen LogP contribution is 2.67. The van der Waals surface area contributed by atoms with Gasteiger partial charge in [0, 0.05) is 77.4 Å². The van der Waals surface area contributed by atoms with E-state index in [1.807, 2.05) is 27.3 Å². The number of nitrogen functional groups attached to an aromatic ring is 1. The molecule has 1 amide bonds. The Kier molecular flexibility index (Phi) is 17.2. The van der Waals surface area contributed by atoms with Crippen LogP contribution in [-0.4, -0.2) is 102 Å². The number of hydrogen-bond donors (Lipinski definition) is 2. The third-order valence-electron chi connectivity index (χ3n) is 16.4. The van der Waals surface area contributed by atoms with Crippen molar-refractivity contribution in [3.8, 4) is 17.2 Å². The molecule has 4 saturated heterocycles. The molecule has 0 aromatic carbocycles. The second-order valence-corrected chi connectivity index (χ2v) is 25.4. The summed E-state index contributed by atoms with van der Waals surface area (Å²) in [6.45, 7) is 8.03. The molecule has 7 aromatic rings. The average Bonchev–Trinajstić information content (AvgIpc) is 1.64. The van der Waals surface area contributed by atoms with E-state index < -0.39 is 41.1 Å². The fourth-order valence-corrected chi connectivity index (χ4v) is 14.1. The van der Waals surface area contributed by atoms with Crippen molar-refractivity contribution in [3.63, 3.8) is 0 Å². The average molecular weight is 1360 g/mol. The molecule has 448 valence electrons. The van der Waals surface area contributed by atoms with Gasteiger partial charge in [-0.15, -0.1) is 0 Å². The summed E-state index contributed by atoms with van der Waals surface area (Å²) in [5, 5.41) is 0.559. The molecule has 7 aromatic heterocycles.